The summed E-state index contributed by atoms with van der Waals surface area (Å²) in [6, 6.07) is 5.42. The van der Waals surface area contributed by atoms with Crippen molar-refractivity contribution in [2.24, 2.45) is 0 Å². The number of rotatable bonds is 0. The number of fused-ring (bicyclic) bond motifs is 2. The molecule has 5 heteroatoms. The van der Waals surface area contributed by atoms with Gasteiger partial charge in [0.05, 0.1) is 0 Å². The lowest BCUT2D eigenvalue weighted by molar-refractivity contribution is -0.124. The first-order valence-corrected chi connectivity index (χ1v) is 5.84. The number of aryl methyl sites for hydroxylation is 1. The molecule has 3 amide bonds. The maximum absolute atomic E-state index is 11.9. The van der Waals surface area contributed by atoms with Crippen molar-refractivity contribution in [2.75, 3.05) is 0 Å². The molecule has 1 aromatic rings. The van der Waals surface area contributed by atoms with Crippen molar-refractivity contribution in [1.82, 2.24) is 10.6 Å². The van der Waals surface area contributed by atoms with Gasteiger partial charge < -0.3 is 5.32 Å². The van der Waals surface area contributed by atoms with E-state index >= 15 is 0 Å². The molecule has 3 rings (SSSR count). The van der Waals surface area contributed by atoms with Gasteiger partial charge in [-0.15, -0.1) is 0 Å². The van der Waals surface area contributed by atoms with Gasteiger partial charge >= 0.3 is 6.03 Å². The van der Waals surface area contributed by atoms with E-state index in [9.17, 15) is 9.59 Å². The van der Waals surface area contributed by atoms with Crippen LogP contribution in [0.5, 0.6) is 0 Å². The molecule has 1 unspecified atom stereocenters. The van der Waals surface area contributed by atoms with E-state index in [1.165, 1.54) is 0 Å². The molecule has 16 heavy (non-hydrogen) atoms. The van der Waals surface area contributed by atoms with Crippen molar-refractivity contribution < 1.29 is 9.59 Å². The Morgan fingerprint density at radius 1 is 1.31 bits per heavy atom. The van der Waals surface area contributed by atoms with E-state index in [1.807, 2.05) is 18.2 Å². The van der Waals surface area contributed by atoms with E-state index in [4.69, 9.17) is 0 Å². The van der Waals surface area contributed by atoms with Crippen molar-refractivity contribution in [3.05, 3.63) is 33.8 Å². The van der Waals surface area contributed by atoms with Crippen LogP contribution in [-0.2, 0) is 16.8 Å². The third kappa shape index (κ3) is 1.09. The quantitative estimate of drug-likeness (QED) is 0.707. The van der Waals surface area contributed by atoms with Crippen molar-refractivity contribution in [2.45, 2.75) is 18.4 Å². The summed E-state index contributed by atoms with van der Waals surface area (Å²) in [5.41, 5.74) is 1.16. The van der Waals surface area contributed by atoms with Gasteiger partial charge in [-0.25, -0.2) is 4.79 Å². The molecule has 4 nitrogen and oxygen atoms in total. The third-order valence-electron chi connectivity index (χ3n) is 3.24. The van der Waals surface area contributed by atoms with Crippen LogP contribution in [0.3, 0.4) is 0 Å². The van der Waals surface area contributed by atoms with Crippen LogP contribution in [0.15, 0.2) is 22.7 Å². The molecule has 2 aliphatic rings. The predicted molar refractivity (Wildman–Crippen MR) is 60.8 cm³/mol. The van der Waals surface area contributed by atoms with Crippen LogP contribution >= 0.6 is 15.9 Å². The fourth-order valence-corrected chi connectivity index (χ4v) is 3.29. The average Bonchev–Trinajstić information content (AvgIpc) is 2.72. The smallest absolute Gasteiger partial charge is 0.319 e. The van der Waals surface area contributed by atoms with Gasteiger partial charge in [0.1, 0.15) is 5.54 Å². The lowest BCUT2D eigenvalue weighted by atomic mass is 9.92. The highest BCUT2D eigenvalue weighted by Gasteiger charge is 2.52. The lowest BCUT2D eigenvalue weighted by Crippen LogP contribution is -2.41. The van der Waals surface area contributed by atoms with Crippen LogP contribution in [0.25, 0.3) is 0 Å². The van der Waals surface area contributed by atoms with E-state index in [-0.39, 0.29) is 5.91 Å². The van der Waals surface area contributed by atoms with E-state index in [1.54, 1.807) is 0 Å². The molecule has 0 saturated carbocycles. The first-order chi connectivity index (χ1) is 7.63. The van der Waals surface area contributed by atoms with Crippen molar-refractivity contribution >= 4 is 27.9 Å². The lowest BCUT2D eigenvalue weighted by Gasteiger charge is -2.22. The van der Waals surface area contributed by atoms with Gasteiger partial charge in [-0.3, -0.25) is 10.1 Å². The number of carbonyl (C=O) groups is 2. The average molecular weight is 281 g/mol. The molecule has 1 aliphatic heterocycles. The SMILES string of the molecule is O=C1NC(=O)C2(CCc3cccc(Br)c32)N1. The number of halogens is 1. The molecule has 0 radical (unpaired) electrons. The molecule has 1 aromatic carbocycles. The van der Waals surface area contributed by atoms with Crippen molar-refractivity contribution in [3.8, 4) is 0 Å². The molecule has 1 atom stereocenters. The maximum Gasteiger partial charge on any atom is 0.322 e. The Balaban J connectivity index is 2.22. The second-order valence-corrected chi connectivity index (χ2v) is 4.94. The highest BCUT2D eigenvalue weighted by molar-refractivity contribution is 9.10. The number of amides is 3. The number of benzene rings is 1. The monoisotopic (exact) mass is 280 g/mol. The predicted octanol–water partition coefficient (Wildman–Crippen LogP) is 1.43. The van der Waals surface area contributed by atoms with Crippen molar-refractivity contribution in [3.63, 3.8) is 0 Å². The number of carbonyl (C=O) groups excluding carboxylic acids is 2. The first kappa shape index (κ1) is 9.84. The summed E-state index contributed by atoms with van der Waals surface area (Å²) in [5.74, 6) is -0.247. The minimum atomic E-state index is -0.855. The molecule has 1 heterocycles. The number of urea groups is 1. The maximum atomic E-state index is 11.9. The number of hydrogen-bond acceptors (Lipinski definition) is 2. The molecule has 1 fully saturated rings. The summed E-state index contributed by atoms with van der Waals surface area (Å²) < 4.78 is 0.875. The normalized spacial score (nSPS) is 26.8. The summed E-state index contributed by atoms with van der Waals surface area (Å²) in [6.07, 6.45) is 1.44. The van der Waals surface area contributed by atoms with Crippen LogP contribution in [-0.4, -0.2) is 11.9 Å². The Bertz CT molecular complexity index is 515. The highest BCUT2D eigenvalue weighted by atomic mass is 79.9. The number of imide groups is 1. The van der Waals surface area contributed by atoms with Gasteiger partial charge in [0.2, 0.25) is 0 Å². The standard InChI is InChI=1S/C11H9BrN2O2/c12-7-3-1-2-6-4-5-11(8(6)7)9(15)13-10(16)14-11/h1-3H,4-5H2,(H2,13,14,15,16). The zero-order chi connectivity index (χ0) is 11.3. The highest BCUT2D eigenvalue weighted by Crippen LogP contribution is 2.42. The Hall–Kier alpha value is -1.36. The Labute approximate surface area is 101 Å². The summed E-state index contributed by atoms with van der Waals surface area (Å²) in [5, 5.41) is 5.05. The van der Waals surface area contributed by atoms with Crippen LogP contribution in [0.2, 0.25) is 0 Å². The fourth-order valence-electron chi connectivity index (χ4n) is 2.55. The van der Waals surface area contributed by atoms with Gasteiger partial charge in [-0.05, 0) is 24.5 Å². The van der Waals surface area contributed by atoms with E-state index in [0.29, 0.717) is 6.42 Å². The topological polar surface area (TPSA) is 58.2 Å². The zero-order valence-corrected chi connectivity index (χ0v) is 9.93. The second kappa shape index (κ2) is 3.07. The van der Waals surface area contributed by atoms with Crippen LogP contribution < -0.4 is 10.6 Å². The largest absolute Gasteiger partial charge is 0.322 e. The molecular weight excluding hydrogens is 272 g/mol. The second-order valence-electron chi connectivity index (χ2n) is 4.09. The van der Waals surface area contributed by atoms with Gasteiger partial charge in [-0.1, -0.05) is 28.1 Å². The summed E-state index contributed by atoms with van der Waals surface area (Å²) in [4.78, 5) is 23.2. The Kier molecular flexibility index (Phi) is 1.89. The molecule has 1 spiro atoms. The minimum absolute atomic E-state index is 0.247. The zero-order valence-electron chi connectivity index (χ0n) is 8.34. The van der Waals surface area contributed by atoms with Crippen molar-refractivity contribution in [1.29, 1.82) is 0 Å². The Morgan fingerprint density at radius 2 is 2.12 bits per heavy atom. The molecule has 82 valence electrons. The summed E-state index contributed by atoms with van der Waals surface area (Å²) in [6.45, 7) is 0. The number of hydrogen-bond donors (Lipinski definition) is 2. The van der Waals surface area contributed by atoms with E-state index in [0.717, 1.165) is 22.0 Å². The molecule has 2 N–H and O–H groups in total. The van der Waals surface area contributed by atoms with Gasteiger partial charge in [0.15, 0.2) is 0 Å². The van der Waals surface area contributed by atoms with Gasteiger partial charge in [0.25, 0.3) is 5.91 Å². The van der Waals surface area contributed by atoms with E-state index < -0.39 is 11.6 Å². The van der Waals surface area contributed by atoms with Gasteiger partial charge in [-0.2, -0.15) is 0 Å². The summed E-state index contributed by atoms with van der Waals surface area (Å²) >= 11 is 3.45. The molecule has 1 saturated heterocycles. The molecular formula is C11H9BrN2O2. The first-order valence-electron chi connectivity index (χ1n) is 5.05. The van der Waals surface area contributed by atoms with E-state index in [2.05, 4.69) is 26.6 Å². The van der Waals surface area contributed by atoms with Crippen LogP contribution in [0, 0.1) is 0 Å². The van der Waals surface area contributed by atoms with Crippen LogP contribution in [0.4, 0.5) is 4.79 Å². The fraction of sp³-hybridized carbons (Fsp3) is 0.273. The molecule has 1 aliphatic carbocycles. The third-order valence-corrected chi connectivity index (χ3v) is 3.90. The summed E-state index contributed by atoms with van der Waals surface area (Å²) in [7, 11) is 0. The molecule has 0 bridgehead atoms. The van der Waals surface area contributed by atoms with Gasteiger partial charge in [0, 0.05) is 10.0 Å². The molecule has 0 aromatic heterocycles. The number of nitrogens with one attached hydrogen (secondary N) is 2. The minimum Gasteiger partial charge on any atom is -0.319 e. The van der Waals surface area contributed by atoms with Crippen LogP contribution in [0.1, 0.15) is 17.5 Å². The Morgan fingerprint density at radius 3 is 2.81 bits per heavy atom.